The van der Waals surface area contributed by atoms with Crippen LogP contribution in [-0.2, 0) is 14.5 Å². The molecule has 1 heterocycles. The van der Waals surface area contributed by atoms with Crippen LogP contribution in [0.25, 0.3) is 0 Å². The fourth-order valence-electron chi connectivity index (χ4n) is 1.66. The molecule has 1 aromatic rings. The standard InChI is InChI=1S/C15H21N3O5/c1-4-22-17-14(20)12-6-5-7-13(16-12)15(21)18-23-11(9-19)8-10(2)3/h5-7,9-11H,4,8H2,1-3H3,(H,17,20)(H,18,21). The number of aromatic nitrogens is 1. The van der Waals surface area contributed by atoms with Gasteiger partial charge < -0.3 is 4.79 Å². The molecule has 1 aromatic heterocycles. The van der Waals surface area contributed by atoms with E-state index in [0.717, 1.165) is 0 Å². The number of carbonyl (C=O) groups is 3. The smallest absolute Gasteiger partial charge is 0.293 e. The Morgan fingerprint density at radius 1 is 1.22 bits per heavy atom. The average Bonchev–Trinajstić information content (AvgIpc) is 2.55. The Labute approximate surface area is 134 Å². The minimum atomic E-state index is -0.733. The van der Waals surface area contributed by atoms with Gasteiger partial charge in [0.05, 0.1) is 6.61 Å². The summed E-state index contributed by atoms with van der Waals surface area (Å²) < 4.78 is 0. The number of nitrogens with zero attached hydrogens (tertiary/aromatic N) is 1. The molecule has 0 saturated carbocycles. The van der Waals surface area contributed by atoms with Crippen molar-refractivity contribution in [3.63, 3.8) is 0 Å². The number of aldehydes is 1. The number of nitrogens with one attached hydrogen (secondary N) is 2. The van der Waals surface area contributed by atoms with E-state index >= 15 is 0 Å². The average molecular weight is 323 g/mol. The van der Waals surface area contributed by atoms with Crippen LogP contribution in [0.15, 0.2) is 18.2 Å². The van der Waals surface area contributed by atoms with Crippen LogP contribution in [0.2, 0.25) is 0 Å². The summed E-state index contributed by atoms with van der Waals surface area (Å²) in [5.41, 5.74) is 4.37. The van der Waals surface area contributed by atoms with Gasteiger partial charge in [-0.2, -0.15) is 0 Å². The first-order valence-electron chi connectivity index (χ1n) is 7.28. The highest BCUT2D eigenvalue weighted by Crippen LogP contribution is 2.06. The number of hydrogen-bond acceptors (Lipinski definition) is 6. The molecule has 23 heavy (non-hydrogen) atoms. The van der Waals surface area contributed by atoms with E-state index in [-0.39, 0.29) is 17.3 Å². The molecule has 0 aliphatic heterocycles. The van der Waals surface area contributed by atoms with Crippen LogP contribution in [0.4, 0.5) is 0 Å². The van der Waals surface area contributed by atoms with E-state index in [1.165, 1.54) is 18.2 Å². The summed E-state index contributed by atoms with van der Waals surface area (Å²) in [7, 11) is 0. The lowest BCUT2D eigenvalue weighted by atomic mass is 10.1. The third-order valence-electron chi connectivity index (χ3n) is 2.68. The van der Waals surface area contributed by atoms with Crippen LogP contribution in [0, 0.1) is 5.92 Å². The topological polar surface area (TPSA) is 107 Å². The number of rotatable bonds is 9. The highest BCUT2D eigenvalue weighted by atomic mass is 16.7. The van der Waals surface area contributed by atoms with Crippen molar-refractivity contribution in [1.82, 2.24) is 15.9 Å². The fraction of sp³-hybridized carbons (Fsp3) is 0.467. The van der Waals surface area contributed by atoms with Crippen molar-refractivity contribution in [2.24, 2.45) is 5.92 Å². The van der Waals surface area contributed by atoms with Crippen LogP contribution in [0.3, 0.4) is 0 Å². The van der Waals surface area contributed by atoms with Gasteiger partial charge in [-0.15, -0.1) is 0 Å². The molecule has 0 fully saturated rings. The Bertz CT molecular complexity index is 548. The van der Waals surface area contributed by atoms with Crippen molar-refractivity contribution in [2.45, 2.75) is 33.3 Å². The van der Waals surface area contributed by atoms with Crippen molar-refractivity contribution in [2.75, 3.05) is 6.61 Å². The van der Waals surface area contributed by atoms with Gasteiger partial charge in [-0.25, -0.2) is 15.9 Å². The SMILES string of the molecule is CCONC(=O)c1cccc(C(=O)NOC(C=O)CC(C)C)n1. The highest BCUT2D eigenvalue weighted by molar-refractivity contribution is 5.95. The fourth-order valence-corrected chi connectivity index (χ4v) is 1.66. The predicted octanol–water partition coefficient (Wildman–Crippen LogP) is 1.04. The quantitative estimate of drug-likeness (QED) is 0.519. The van der Waals surface area contributed by atoms with Crippen molar-refractivity contribution in [3.8, 4) is 0 Å². The van der Waals surface area contributed by atoms with E-state index in [1.54, 1.807) is 6.92 Å². The van der Waals surface area contributed by atoms with Crippen LogP contribution in [0.5, 0.6) is 0 Å². The van der Waals surface area contributed by atoms with Crippen LogP contribution in [0.1, 0.15) is 48.2 Å². The van der Waals surface area contributed by atoms with E-state index in [9.17, 15) is 14.4 Å². The monoisotopic (exact) mass is 323 g/mol. The normalized spacial score (nSPS) is 11.8. The van der Waals surface area contributed by atoms with Gasteiger partial charge in [0.1, 0.15) is 17.5 Å². The zero-order chi connectivity index (χ0) is 17.2. The molecule has 2 N–H and O–H groups in total. The summed E-state index contributed by atoms with van der Waals surface area (Å²) in [4.78, 5) is 48.3. The molecule has 1 unspecified atom stereocenters. The van der Waals surface area contributed by atoms with Crippen LogP contribution < -0.4 is 11.0 Å². The minimum absolute atomic E-state index is 0.0108. The maximum atomic E-state index is 12.0. The summed E-state index contributed by atoms with van der Waals surface area (Å²) in [6.07, 6.45) is 0.372. The molecule has 0 aliphatic carbocycles. The summed E-state index contributed by atoms with van der Waals surface area (Å²) in [6, 6.07) is 4.38. The first kappa shape index (κ1) is 18.7. The maximum absolute atomic E-state index is 12.0. The Hall–Kier alpha value is -2.32. The number of hydrogen-bond donors (Lipinski definition) is 2. The number of pyridine rings is 1. The number of amides is 2. The second-order valence-electron chi connectivity index (χ2n) is 5.13. The van der Waals surface area contributed by atoms with Gasteiger partial charge in [0.2, 0.25) is 0 Å². The lowest BCUT2D eigenvalue weighted by molar-refractivity contribution is -0.122. The molecule has 8 heteroatoms. The van der Waals surface area contributed by atoms with Gasteiger partial charge in [-0.3, -0.25) is 19.3 Å². The zero-order valence-corrected chi connectivity index (χ0v) is 13.4. The molecule has 0 aliphatic rings. The number of carbonyl (C=O) groups excluding carboxylic acids is 3. The van der Waals surface area contributed by atoms with E-state index in [0.29, 0.717) is 19.3 Å². The molecule has 1 rings (SSSR count). The molecule has 0 aromatic carbocycles. The molecule has 126 valence electrons. The van der Waals surface area contributed by atoms with Crippen LogP contribution in [-0.4, -0.2) is 35.8 Å². The first-order chi connectivity index (χ1) is 11.0. The first-order valence-corrected chi connectivity index (χ1v) is 7.28. The largest absolute Gasteiger partial charge is 0.300 e. The third-order valence-corrected chi connectivity index (χ3v) is 2.68. The second-order valence-corrected chi connectivity index (χ2v) is 5.13. The summed E-state index contributed by atoms with van der Waals surface area (Å²) >= 11 is 0. The lowest BCUT2D eigenvalue weighted by Gasteiger charge is -2.13. The molecule has 0 spiro atoms. The Morgan fingerprint density at radius 2 is 1.83 bits per heavy atom. The molecular weight excluding hydrogens is 302 g/mol. The summed E-state index contributed by atoms with van der Waals surface area (Å²) in [5.74, 6) is -0.967. The van der Waals surface area contributed by atoms with Gasteiger partial charge in [0.25, 0.3) is 11.8 Å². The molecule has 0 bridgehead atoms. The Balaban J connectivity index is 2.66. The van der Waals surface area contributed by atoms with Gasteiger partial charge in [0, 0.05) is 0 Å². The summed E-state index contributed by atoms with van der Waals surface area (Å²) in [5, 5.41) is 0. The maximum Gasteiger partial charge on any atom is 0.293 e. The van der Waals surface area contributed by atoms with Crippen molar-refractivity contribution >= 4 is 18.1 Å². The van der Waals surface area contributed by atoms with E-state index in [1.807, 2.05) is 13.8 Å². The molecular formula is C15H21N3O5. The van der Waals surface area contributed by atoms with E-state index < -0.39 is 17.9 Å². The van der Waals surface area contributed by atoms with Gasteiger partial charge in [0.15, 0.2) is 6.29 Å². The molecule has 0 saturated heterocycles. The highest BCUT2D eigenvalue weighted by Gasteiger charge is 2.15. The molecule has 1 atom stereocenters. The third kappa shape index (κ3) is 6.54. The summed E-state index contributed by atoms with van der Waals surface area (Å²) in [6.45, 7) is 5.89. The second kappa shape index (κ2) is 9.65. The van der Waals surface area contributed by atoms with Gasteiger partial charge >= 0.3 is 0 Å². The predicted molar refractivity (Wildman–Crippen MR) is 81.2 cm³/mol. The Kier molecular flexibility index (Phi) is 7.86. The zero-order valence-electron chi connectivity index (χ0n) is 13.4. The van der Waals surface area contributed by atoms with Crippen molar-refractivity contribution in [3.05, 3.63) is 29.6 Å². The molecule has 8 nitrogen and oxygen atoms in total. The lowest BCUT2D eigenvalue weighted by Crippen LogP contribution is -2.32. The van der Waals surface area contributed by atoms with E-state index in [2.05, 4.69) is 15.9 Å². The van der Waals surface area contributed by atoms with Crippen molar-refractivity contribution < 1.29 is 24.1 Å². The van der Waals surface area contributed by atoms with Crippen molar-refractivity contribution in [1.29, 1.82) is 0 Å². The Morgan fingerprint density at radius 3 is 2.35 bits per heavy atom. The van der Waals surface area contributed by atoms with Gasteiger partial charge in [-0.05, 0) is 31.4 Å². The van der Waals surface area contributed by atoms with Crippen LogP contribution >= 0.6 is 0 Å². The molecule has 2 amide bonds. The van der Waals surface area contributed by atoms with Gasteiger partial charge in [-0.1, -0.05) is 19.9 Å². The van der Waals surface area contributed by atoms with E-state index in [4.69, 9.17) is 9.68 Å². The minimum Gasteiger partial charge on any atom is -0.300 e. The molecule has 0 radical (unpaired) electrons. The number of hydroxylamine groups is 2.